The van der Waals surface area contributed by atoms with Crippen molar-refractivity contribution in [3.05, 3.63) is 47.5 Å². The van der Waals surface area contributed by atoms with Crippen molar-refractivity contribution in [1.82, 2.24) is 0 Å². The fourth-order valence-electron chi connectivity index (χ4n) is 1.58. The van der Waals surface area contributed by atoms with E-state index in [4.69, 9.17) is 10.4 Å². The van der Waals surface area contributed by atoms with Crippen LogP contribution >= 0.6 is 0 Å². The minimum atomic E-state index is -0.976. The average molecular weight is 197 g/mol. The fourth-order valence-corrected chi connectivity index (χ4v) is 1.58. The van der Waals surface area contributed by atoms with Crippen molar-refractivity contribution in [2.24, 2.45) is 0 Å². The summed E-state index contributed by atoms with van der Waals surface area (Å²) in [4.78, 5) is 10.9. The Labute approximate surface area is 86.2 Å². The normalized spacial score (nSPS) is 9.80. The molecule has 0 aliphatic rings. The van der Waals surface area contributed by atoms with Gasteiger partial charge in [-0.15, -0.1) is 0 Å². The van der Waals surface area contributed by atoms with Crippen LogP contribution in [0.2, 0.25) is 0 Å². The Hall–Kier alpha value is -2.34. The Kier molecular flexibility index (Phi) is 2.11. The van der Waals surface area contributed by atoms with Crippen LogP contribution in [-0.2, 0) is 0 Å². The molecule has 0 saturated carbocycles. The predicted molar refractivity (Wildman–Crippen MR) is 55.6 cm³/mol. The molecule has 3 heteroatoms. The minimum Gasteiger partial charge on any atom is -0.478 e. The maximum Gasteiger partial charge on any atom is 0.336 e. The molecule has 0 bridgehead atoms. The van der Waals surface area contributed by atoms with Crippen LogP contribution in [0.25, 0.3) is 10.8 Å². The summed E-state index contributed by atoms with van der Waals surface area (Å²) in [5.74, 6) is -0.976. The number of nitrogens with zero attached hydrogens (tertiary/aromatic N) is 1. The van der Waals surface area contributed by atoms with Gasteiger partial charge in [0.2, 0.25) is 0 Å². The van der Waals surface area contributed by atoms with Crippen molar-refractivity contribution in [2.75, 3.05) is 0 Å². The summed E-state index contributed by atoms with van der Waals surface area (Å²) in [6.07, 6.45) is 0. The molecule has 3 nitrogen and oxygen atoms in total. The first-order valence-electron chi connectivity index (χ1n) is 4.39. The molecule has 0 aliphatic heterocycles. The van der Waals surface area contributed by atoms with Gasteiger partial charge in [-0.1, -0.05) is 24.3 Å². The van der Waals surface area contributed by atoms with Crippen molar-refractivity contribution in [3.63, 3.8) is 0 Å². The van der Waals surface area contributed by atoms with Gasteiger partial charge in [0.1, 0.15) is 0 Å². The molecule has 2 aromatic rings. The van der Waals surface area contributed by atoms with Gasteiger partial charge in [0.05, 0.1) is 17.2 Å². The van der Waals surface area contributed by atoms with Crippen molar-refractivity contribution in [1.29, 1.82) is 5.26 Å². The lowest BCUT2D eigenvalue weighted by atomic mass is 10.0. The summed E-state index contributed by atoms with van der Waals surface area (Å²) < 4.78 is 0. The molecule has 0 saturated heterocycles. The highest BCUT2D eigenvalue weighted by Gasteiger charge is 2.09. The summed E-state index contributed by atoms with van der Waals surface area (Å²) in [6, 6.07) is 12.0. The number of aromatic carboxylic acids is 1. The highest BCUT2D eigenvalue weighted by Crippen LogP contribution is 2.22. The maximum absolute atomic E-state index is 10.9. The number of fused-ring (bicyclic) bond motifs is 1. The summed E-state index contributed by atoms with van der Waals surface area (Å²) in [7, 11) is 0. The molecule has 2 aromatic carbocycles. The van der Waals surface area contributed by atoms with Gasteiger partial charge in [-0.25, -0.2) is 4.79 Å². The molecule has 2 rings (SSSR count). The Morgan fingerprint density at radius 2 is 1.80 bits per heavy atom. The second-order valence-electron chi connectivity index (χ2n) is 3.12. The maximum atomic E-state index is 10.9. The van der Waals surface area contributed by atoms with Gasteiger partial charge in [0.15, 0.2) is 0 Å². The molecule has 1 N–H and O–H groups in total. The zero-order chi connectivity index (χ0) is 10.8. The van der Waals surface area contributed by atoms with Gasteiger partial charge < -0.3 is 5.11 Å². The molecular formula is C12H7NO2. The van der Waals surface area contributed by atoms with Crippen LogP contribution in [0.5, 0.6) is 0 Å². The SMILES string of the molecule is N#Cc1ccc(C(=O)O)c2ccccc12. The molecule has 0 spiro atoms. The third kappa shape index (κ3) is 1.42. The van der Waals surface area contributed by atoms with E-state index in [0.717, 1.165) is 0 Å². The highest BCUT2D eigenvalue weighted by atomic mass is 16.4. The first-order chi connectivity index (χ1) is 7.24. The number of hydrogen-bond donors (Lipinski definition) is 1. The van der Waals surface area contributed by atoms with E-state index in [0.29, 0.717) is 16.3 Å². The minimum absolute atomic E-state index is 0.226. The zero-order valence-electron chi connectivity index (χ0n) is 7.77. The van der Waals surface area contributed by atoms with E-state index in [-0.39, 0.29) is 5.56 Å². The van der Waals surface area contributed by atoms with Crippen LogP contribution in [0.15, 0.2) is 36.4 Å². The lowest BCUT2D eigenvalue weighted by molar-refractivity contribution is 0.0699. The predicted octanol–water partition coefficient (Wildman–Crippen LogP) is 2.41. The van der Waals surface area contributed by atoms with Gasteiger partial charge in [0.25, 0.3) is 0 Å². The van der Waals surface area contributed by atoms with Gasteiger partial charge >= 0.3 is 5.97 Å². The van der Waals surface area contributed by atoms with E-state index in [1.54, 1.807) is 24.3 Å². The van der Waals surface area contributed by atoms with E-state index in [1.807, 2.05) is 6.07 Å². The molecule has 0 aliphatic carbocycles. The quantitative estimate of drug-likeness (QED) is 0.763. The molecular weight excluding hydrogens is 190 g/mol. The number of carboxylic acids is 1. The smallest absolute Gasteiger partial charge is 0.336 e. The monoisotopic (exact) mass is 197 g/mol. The largest absolute Gasteiger partial charge is 0.478 e. The number of benzene rings is 2. The van der Waals surface area contributed by atoms with Crippen LogP contribution in [0.4, 0.5) is 0 Å². The van der Waals surface area contributed by atoms with Crippen LogP contribution < -0.4 is 0 Å². The Bertz CT molecular complexity index is 582. The average Bonchev–Trinajstić information content (AvgIpc) is 2.27. The van der Waals surface area contributed by atoms with Crippen LogP contribution in [0.1, 0.15) is 15.9 Å². The standard InChI is InChI=1S/C12H7NO2/c13-7-8-5-6-11(12(14)15)10-4-2-1-3-9(8)10/h1-6H,(H,14,15). The van der Waals surface area contributed by atoms with Crippen LogP contribution in [-0.4, -0.2) is 11.1 Å². The molecule has 0 heterocycles. The fraction of sp³-hybridized carbons (Fsp3) is 0. The third-order valence-corrected chi connectivity index (χ3v) is 2.27. The Balaban J connectivity index is 2.91. The van der Waals surface area contributed by atoms with Gasteiger partial charge in [0, 0.05) is 5.39 Å². The highest BCUT2D eigenvalue weighted by molar-refractivity contribution is 6.05. The summed E-state index contributed by atoms with van der Waals surface area (Å²) in [5, 5.41) is 19.1. The number of hydrogen-bond acceptors (Lipinski definition) is 2. The van der Waals surface area contributed by atoms with E-state index in [1.165, 1.54) is 12.1 Å². The third-order valence-electron chi connectivity index (χ3n) is 2.27. The zero-order valence-corrected chi connectivity index (χ0v) is 7.77. The lowest BCUT2D eigenvalue weighted by Crippen LogP contribution is -1.97. The molecule has 0 amide bonds. The van der Waals surface area contributed by atoms with Gasteiger partial charge in [-0.2, -0.15) is 5.26 Å². The van der Waals surface area contributed by atoms with Gasteiger partial charge in [-0.05, 0) is 17.5 Å². The topological polar surface area (TPSA) is 61.1 Å². The van der Waals surface area contributed by atoms with E-state index in [9.17, 15) is 4.79 Å². The van der Waals surface area contributed by atoms with Gasteiger partial charge in [-0.3, -0.25) is 0 Å². The van der Waals surface area contributed by atoms with Crippen LogP contribution in [0, 0.1) is 11.3 Å². The van der Waals surface area contributed by atoms with Crippen molar-refractivity contribution in [2.45, 2.75) is 0 Å². The molecule has 0 radical (unpaired) electrons. The van der Waals surface area contributed by atoms with E-state index < -0.39 is 5.97 Å². The van der Waals surface area contributed by atoms with Crippen molar-refractivity contribution >= 4 is 16.7 Å². The first-order valence-corrected chi connectivity index (χ1v) is 4.39. The second kappa shape index (κ2) is 3.43. The number of carbonyl (C=O) groups is 1. The first kappa shape index (κ1) is 9.22. The molecule has 72 valence electrons. The lowest BCUT2D eigenvalue weighted by Gasteiger charge is -2.03. The van der Waals surface area contributed by atoms with Crippen molar-refractivity contribution < 1.29 is 9.90 Å². The summed E-state index contributed by atoms with van der Waals surface area (Å²) in [5.41, 5.74) is 0.722. The number of rotatable bonds is 1. The van der Waals surface area contributed by atoms with E-state index in [2.05, 4.69) is 0 Å². The van der Waals surface area contributed by atoms with Crippen LogP contribution in [0.3, 0.4) is 0 Å². The Morgan fingerprint density at radius 1 is 1.13 bits per heavy atom. The molecule has 15 heavy (non-hydrogen) atoms. The number of carboxylic acid groups (broad SMARTS) is 1. The summed E-state index contributed by atoms with van der Waals surface area (Å²) >= 11 is 0. The van der Waals surface area contributed by atoms with E-state index >= 15 is 0 Å². The molecule has 0 aromatic heterocycles. The van der Waals surface area contributed by atoms with Crippen molar-refractivity contribution in [3.8, 4) is 6.07 Å². The Morgan fingerprint density at radius 3 is 2.40 bits per heavy atom. The molecule has 0 fully saturated rings. The summed E-state index contributed by atoms with van der Waals surface area (Å²) in [6.45, 7) is 0. The number of nitriles is 1. The second-order valence-corrected chi connectivity index (χ2v) is 3.12. The molecule has 0 unspecified atom stereocenters. The molecule has 0 atom stereocenters.